The molecule has 0 aromatic heterocycles. The van der Waals surface area contributed by atoms with Crippen molar-refractivity contribution in [2.75, 3.05) is 18.8 Å². The number of benzene rings is 2. The molecule has 168 valence electrons. The molecule has 0 spiro atoms. The first-order chi connectivity index (χ1) is 15.0. The second-order valence-electron chi connectivity index (χ2n) is 7.55. The highest BCUT2D eigenvalue weighted by Gasteiger charge is 2.25. The molecule has 0 heterocycles. The van der Waals surface area contributed by atoms with Gasteiger partial charge in [-0.15, -0.1) is 11.8 Å². The topological polar surface area (TPSA) is 49.4 Å². The van der Waals surface area contributed by atoms with Gasteiger partial charge < -0.3 is 10.2 Å². The minimum absolute atomic E-state index is 0.0331. The molecule has 0 saturated carbocycles. The Labute approximate surface area is 195 Å². The number of hydrogen-bond donors (Lipinski definition) is 1. The SMILES string of the molecule is CCCCNC(=O)[C@@H](C)N(CCc1ccccc1)C(=O)CCCSc1ccc(Cl)cc1. The van der Waals surface area contributed by atoms with Gasteiger partial charge in [0.05, 0.1) is 0 Å². The van der Waals surface area contributed by atoms with Crippen LogP contribution in [0.5, 0.6) is 0 Å². The molecule has 0 fully saturated rings. The highest BCUT2D eigenvalue weighted by Crippen LogP contribution is 2.21. The summed E-state index contributed by atoms with van der Waals surface area (Å²) in [7, 11) is 0. The van der Waals surface area contributed by atoms with Crippen molar-refractivity contribution in [1.29, 1.82) is 0 Å². The predicted octanol–water partition coefficient (Wildman–Crippen LogP) is 5.59. The number of unbranched alkanes of at least 4 members (excludes halogenated alkanes) is 1. The Morgan fingerprint density at radius 3 is 2.45 bits per heavy atom. The Balaban J connectivity index is 1.90. The number of carbonyl (C=O) groups excluding carboxylic acids is 2. The highest BCUT2D eigenvalue weighted by molar-refractivity contribution is 7.99. The normalized spacial score (nSPS) is 11.7. The lowest BCUT2D eigenvalue weighted by Crippen LogP contribution is -2.49. The van der Waals surface area contributed by atoms with Gasteiger partial charge in [0.15, 0.2) is 0 Å². The van der Waals surface area contributed by atoms with Crippen molar-refractivity contribution in [3.8, 4) is 0 Å². The van der Waals surface area contributed by atoms with Crippen molar-refractivity contribution in [1.82, 2.24) is 10.2 Å². The fourth-order valence-electron chi connectivity index (χ4n) is 3.19. The monoisotopic (exact) mass is 460 g/mol. The minimum atomic E-state index is -0.475. The van der Waals surface area contributed by atoms with Crippen LogP contribution < -0.4 is 5.32 Å². The molecule has 0 saturated heterocycles. The van der Waals surface area contributed by atoms with Gasteiger partial charge in [-0.3, -0.25) is 9.59 Å². The highest BCUT2D eigenvalue weighted by atomic mass is 35.5. The van der Waals surface area contributed by atoms with Gasteiger partial charge in [0.2, 0.25) is 11.8 Å². The zero-order valence-corrected chi connectivity index (χ0v) is 20.1. The summed E-state index contributed by atoms with van der Waals surface area (Å²) in [5, 5.41) is 3.68. The molecule has 1 N–H and O–H groups in total. The molecule has 0 unspecified atom stereocenters. The number of nitrogens with one attached hydrogen (secondary N) is 1. The lowest BCUT2D eigenvalue weighted by Gasteiger charge is -2.29. The Morgan fingerprint density at radius 1 is 1.06 bits per heavy atom. The van der Waals surface area contributed by atoms with E-state index in [1.807, 2.05) is 49.4 Å². The maximum Gasteiger partial charge on any atom is 0.242 e. The van der Waals surface area contributed by atoms with E-state index in [0.29, 0.717) is 19.5 Å². The number of nitrogens with zero attached hydrogens (tertiary/aromatic N) is 1. The average molecular weight is 461 g/mol. The Kier molecular flexibility index (Phi) is 11.5. The van der Waals surface area contributed by atoms with Crippen LogP contribution in [0.2, 0.25) is 5.02 Å². The first kappa shape index (κ1) is 25.3. The van der Waals surface area contributed by atoms with Gasteiger partial charge >= 0.3 is 0 Å². The van der Waals surface area contributed by atoms with Crippen molar-refractivity contribution >= 4 is 35.2 Å². The molecular weight excluding hydrogens is 428 g/mol. The van der Waals surface area contributed by atoms with Gasteiger partial charge in [0.1, 0.15) is 6.04 Å². The molecule has 0 aliphatic heterocycles. The van der Waals surface area contributed by atoms with Gasteiger partial charge in [-0.1, -0.05) is 55.3 Å². The number of thioether (sulfide) groups is 1. The average Bonchev–Trinajstić information content (AvgIpc) is 2.78. The maximum absolute atomic E-state index is 13.0. The molecule has 0 aliphatic carbocycles. The van der Waals surface area contributed by atoms with Crippen molar-refractivity contribution in [3.05, 3.63) is 65.2 Å². The molecule has 0 bridgehead atoms. The molecule has 1 atom stereocenters. The molecule has 2 rings (SSSR count). The number of carbonyl (C=O) groups is 2. The van der Waals surface area contributed by atoms with Crippen LogP contribution in [0.4, 0.5) is 0 Å². The van der Waals surface area contributed by atoms with Crippen LogP contribution in [0.1, 0.15) is 45.1 Å². The fraction of sp³-hybridized carbons (Fsp3) is 0.440. The van der Waals surface area contributed by atoms with Crippen molar-refractivity contribution < 1.29 is 9.59 Å². The van der Waals surface area contributed by atoms with Crippen LogP contribution in [-0.4, -0.2) is 41.6 Å². The fourth-order valence-corrected chi connectivity index (χ4v) is 4.17. The van der Waals surface area contributed by atoms with Crippen molar-refractivity contribution in [3.63, 3.8) is 0 Å². The summed E-state index contributed by atoms with van der Waals surface area (Å²) in [6.45, 7) is 5.10. The third kappa shape index (κ3) is 9.36. The molecule has 2 aromatic rings. The summed E-state index contributed by atoms with van der Waals surface area (Å²) in [5.74, 6) is 0.799. The molecule has 4 nitrogen and oxygen atoms in total. The van der Waals surface area contributed by atoms with Gasteiger partial charge in [-0.25, -0.2) is 0 Å². The zero-order chi connectivity index (χ0) is 22.5. The second-order valence-corrected chi connectivity index (χ2v) is 9.15. The second kappa shape index (κ2) is 14.2. The van der Waals surface area contributed by atoms with E-state index in [0.717, 1.165) is 46.9 Å². The number of rotatable bonds is 13. The third-order valence-corrected chi connectivity index (χ3v) is 6.45. The molecular formula is C25H33ClN2O2S. The maximum atomic E-state index is 13.0. The van der Waals surface area contributed by atoms with Gasteiger partial charge in [-0.2, -0.15) is 0 Å². The lowest BCUT2D eigenvalue weighted by atomic mass is 10.1. The van der Waals surface area contributed by atoms with E-state index in [2.05, 4.69) is 24.4 Å². The first-order valence-corrected chi connectivity index (χ1v) is 12.4. The van der Waals surface area contributed by atoms with E-state index in [-0.39, 0.29) is 11.8 Å². The van der Waals surface area contributed by atoms with Gasteiger partial charge in [0, 0.05) is 29.4 Å². The van der Waals surface area contributed by atoms with E-state index < -0.39 is 6.04 Å². The molecule has 0 aliphatic rings. The van der Waals surface area contributed by atoms with E-state index in [1.54, 1.807) is 16.7 Å². The summed E-state index contributed by atoms with van der Waals surface area (Å²) in [5.41, 5.74) is 1.16. The Hall–Kier alpha value is -1.98. The standard InChI is InChI=1S/C25H33ClN2O2S/c1-3-4-17-27-25(30)20(2)28(18-16-21-9-6-5-7-10-21)24(29)11-8-19-31-23-14-12-22(26)13-15-23/h5-7,9-10,12-15,20H,3-4,8,11,16-19H2,1-2H3,(H,27,30)/t20-/m1/s1. The van der Waals surface area contributed by atoms with Gasteiger partial charge in [0.25, 0.3) is 0 Å². The van der Waals surface area contributed by atoms with Crippen LogP contribution in [0.3, 0.4) is 0 Å². The molecule has 31 heavy (non-hydrogen) atoms. The smallest absolute Gasteiger partial charge is 0.242 e. The van der Waals surface area contributed by atoms with Crippen LogP contribution in [0, 0.1) is 0 Å². The number of amides is 2. The van der Waals surface area contributed by atoms with E-state index >= 15 is 0 Å². The summed E-state index contributed by atoms with van der Waals surface area (Å²) >= 11 is 7.64. The molecule has 0 radical (unpaired) electrons. The quantitative estimate of drug-likeness (QED) is 0.313. The third-order valence-electron chi connectivity index (χ3n) is 5.10. The lowest BCUT2D eigenvalue weighted by molar-refractivity contribution is -0.139. The Bertz CT molecular complexity index is 799. The number of hydrogen-bond acceptors (Lipinski definition) is 3. The zero-order valence-electron chi connectivity index (χ0n) is 18.5. The summed E-state index contributed by atoms with van der Waals surface area (Å²) in [6, 6.07) is 17.3. The summed E-state index contributed by atoms with van der Waals surface area (Å²) in [6.07, 6.45) is 3.90. The van der Waals surface area contributed by atoms with E-state index in [9.17, 15) is 9.59 Å². The summed E-state index contributed by atoms with van der Waals surface area (Å²) < 4.78 is 0. The molecule has 2 amide bonds. The minimum Gasteiger partial charge on any atom is -0.354 e. The van der Waals surface area contributed by atoms with Crippen molar-refractivity contribution in [2.24, 2.45) is 0 Å². The van der Waals surface area contributed by atoms with Crippen LogP contribution in [-0.2, 0) is 16.0 Å². The van der Waals surface area contributed by atoms with Crippen LogP contribution in [0.25, 0.3) is 0 Å². The predicted molar refractivity (Wildman–Crippen MR) is 131 cm³/mol. The van der Waals surface area contributed by atoms with Crippen LogP contribution >= 0.6 is 23.4 Å². The largest absolute Gasteiger partial charge is 0.354 e. The summed E-state index contributed by atoms with van der Waals surface area (Å²) in [4.78, 5) is 28.5. The molecule has 2 aromatic carbocycles. The van der Waals surface area contributed by atoms with Crippen molar-refractivity contribution in [2.45, 2.75) is 56.9 Å². The Morgan fingerprint density at radius 2 is 1.77 bits per heavy atom. The van der Waals surface area contributed by atoms with Gasteiger partial charge in [-0.05, 0) is 61.8 Å². The number of halogens is 1. The molecule has 6 heteroatoms. The van der Waals surface area contributed by atoms with E-state index in [4.69, 9.17) is 11.6 Å². The first-order valence-electron chi connectivity index (χ1n) is 11.0. The van der Waals surface area contributed by atoms with E-state index in [1.165, 1.54) is 0 Å². The van der Waals surface area contributed by atoms with Crippen LogP contribution in [0.15, 0.2) is 59.5 Å².